The van der Waals surface area contributed by atoms with Gasteiger partial charge in [0.25, 0.3) is 5.91 Å². The summed E-state index contributed by atoms with van der Waals surface area (Å²) >= 11 is 1.44. The molecule has 184 valence electrons. The van der Waals surface area contributed by atoms with Crippen molar-refractivity contribution in [2.24, 2.45) is 4.99 Å². The Labute approximate surface area is 218 Å². The Hall–Kier alpha value is -3.31. The Morgan fingerprint density at radius 3 is 2.39 bits per heavy atom. The summed E-state index contributed by atoms with van der Waals surface area (Å²) in [6.45, 7) is 12.3. The normalized spacial score (nSPS) is 21.4. The molecule has 0 spiro atoms. The smallest absolute Gasteiger partial charge is 0.271 e. The molecule has 0 aliphatic carbocycles. The van der Waals surface area contributed by atoms with Crippen LogP contribution in [-0.2, 0) is 4.79 Å². The SMILES string of the molecule is CCN1c2cc(C)c(/C=C3\SC(=Nc4ccccc4)N(c4ccccc4)C3=O)cc2C(C)CC1(C)C. The van der Waals surface area contributed by atoms with Crippen molar-refractivity contribution in [3.8, 4) is 0 Å². The van der Waals surface area contributed by atoms with Gasteiger partial charge in [-0.25, -0.2) is 4.99 Å². The average molecular weight is 496 g/mol. The first-order valence-corrected chi connectivity index (χ1v) is 13.4. The molecule has 1 atom stereocenters. The number of fused-ring (bicyclic) bond motifs is 1. The van der Waals surface area contributed by atoms with Crippen LogP contribution < -0.4 is 9.80 Å². The molecule has 3 aromatic carbocycles. The monoisotopic (exact) mass is 495 g/mol. The summed E-state index contributed by atoms with van der Waals surface area (Å²) in [6, 6.07) is 24.2. The number of hydrogen-bond acceptors (Lipinski definition) is 4. The second-order valence-electron chi connectivity index (χ2n) is 10.2. The molecule has 0 radical (unpaired) electrons. The van der Waals surface area contributed by atoms with Crippen molar-refractivity contribution in [2.45, 2.75) is 52.5 Å². The fourth-order valence-corrected chi connectivity index (χ4v) is 6.50. The van der Waals surface area contributed by atoms with Crippen LogP contribution in [0.3, 0.4) is 0 Å². The van der Waals surface area contributed by atoms with Crippen LogP contribution in [-0.4, -0.2) is 23.2 Å². The summed E-state index contributed by atoms with van der Waals surface area (Å²) in [6.07, 6.45) is 3.16. The maximum absolute atomic E-state index is 13.7. The number of nitrogens with zero attached hydrogens (tertiary/aromatic N) is 3. The van der Waals surface area contributed by atoms with E-state index in [1.807, 2.05) is 60.7 Å². The minimum atomic E-state index is -0.0395. The number of aliphatic imine (C=N–C) groups is 1. The number of hydrogen-bond donors (Lipinski definition) is 0. The summed E-state index contributed by atoms with van der Waals surface area (Å²) in [5, 5.41) is 0.673. The molecule has 36 heavy (non-hydrogen) atoms. The summed E-state index contributed by atoms with van der Waals surface area (Å²) in [5.41, 5.74) is 6.74. The lowest BCUT2D eigenvalue weighted by atomic mass is 9.79. The third kappa shape index (κ3) is 4.48. The Morgan fingerprint density at radius 2 is 1.72 bits per heavy atom. The lowest BCUT2D eigenvalue weighted by molar-refractivity contribution is -0.113. The molecule has 4 nitrogen and oxygen atoms in total. The number of benzene rings is 3. The van der Waals surface area contributed by atoms with Crippen LogP contribution in [0.2, 0.25) is 0 Å². The quantitative estimate of drug-likeness (QED) is 0.345. The number of aryl methyl sites for hydroxylation is 1. The first kappa shape index (κ1) is 24.4. The van der Waals surface area contributed by atoms with Crippen LogP contribution >= 0.6 is 11.8 Å². The molecular formula is C31H33N3OS. The second kappa shape index (κ2) is 9.62. The zero-order valence-electron chi connectivity index (χ0n) is 21.7. The van der Waals surface area contributed by atoms with Crippen molar-refractivity contribution in [3.63, 3.8) is 0 Å². The number of rotatable bonds is 4. The van der Waals surface area contributed by atoms with E-state index in [1.165, 1.54) is 28.6 Å². The summed E-state index contributed by atoms with van der Waals surface area (Å²) in [5.74, 6) is 0.417. The third-order valence-electron chi connectivity index (χ3n) is 7.18. The van der Waals surface area contributed by atoms with Crippen molar-refractivity contribution >= 4 is 46.0 Å². The molecule has 1 unspecified atom stereocenters. The van der Waals surface area contributed by atoms with Crippen molar-refractivity contribution in [1.29, 1.82) is 0 Å². The minimum absolute atomic E-state index is 0.0395. The zero-order valence-corrected chi connectivity index (χ0v) is 22.5. The van der Waals surface area contributed by atoms with Crippen molar-refractivity contribution in [3.05, 3.63) is 94.4 Å². The highest BCUT2D eigenvalue weighted by Crippen LogP contribution is 2.45. The van der Waals surface area contributed by atoms with Gasteiger partial charge in [-0.05, 0) is 111 Å². The van der Waals surface area contributed by atoms with Gasteiger partial charge in [-0.1, -0.05) is 43.3 Å². The fraction of sp³-hybridized carbons (Fsp3) is 0.290. The third-order valence-corrected chi connectivity index (χ3v) is 8.15. The fourth-order valence-electron chi connectivity index (χ4n) is 5.51. The van der Waals surface area contributed by atoms with Gasteiger partial charge in [0.05, 0.1) is 16.3 Å². The molecule has 1 fully saturated rings. The Balaban J connectivity index is 1.57. The largest absolute Gasteiger partial charge is 0.366 e. The average Bonchev–Trinajstić information content (AvgIpc) is 3.15. The van der Waals surface area contributed by atoms with E-state index < -0.39 is 0 Å². The molecule has 3 aromatic rings. The van der Waals surface area contributed by atoms with E-state index in [2.05, 4.69) is 57.7 Å². The van der Waals surface area contributed by atoms with Crippen molar-refractivity contribution in [2.75, 3.05) is 16.3 Å². The number of carbonyl (C=O) groups excluding carboxylic acids is 1. The topological polar surface area (TPSA) is 35.9 Å². The Bertz CT molecular complexity index is 1340. The molecule has 5 rings (SSSR count). The van der Waals surface area contributed by atoms with Gasteiger partial charge in [0, 0.05) is 17.8 Å². The van der Waals surface area contributed by atoms with Gasteiger partial charge in [-0.3, -0.25) is 9.69 Å². The first-order chi connectivity index (χ1) is 17.3. The van der Waals surface area contributed by atoms with E-state index in [0.29, 0.717) is 16.0 Å². The number of para-hydroxylation sites is 2. The molecule has 0 N–H and O–H groups in total. The Morgan fingerprint density at radius 1 is 1.06 bits per heavy atom. The van der Waals surface area contributed by atoms with Crippen LogP contribution in [0.5, 0.6) is 0 Å². The van der Waals surface area contributed by atoms with Crippen LogP contribution in [0.15, 0.2) is 82.7 Å². The molecule has 0 aromatic heterocycles. The number of amidine groups is 1. The molecule has 2 aliphatic rings. The molecule has 2 aliphatic heterocycles. The van der Waals surface area contributed by atoms with Crippen molar-refractivity contribution < 1.29 is 4.79 Å². The lowest BCUT2D eigenvalue weighted by Crippen LogP contribution is -2.48. The molecule has 0 bridgehead atoms. The Kier molecular flexibility index (Phi) is 6.52. The van der Waals surface area contributed by atoms with Gasteiger partial charge < -0.3 is 4.90 Å². The van der Waals surface area contributed by atoms with Gasteiger partial charge in [0.15, 0.2) is 5.17 Å². The van der Waals surface area contributed by atoms with Gasteiger partial charge in [0.1, 0.15) is 0 Å². The second-order valence-corrected chi connectivity index (χ2v) is 11.3. The predicted octanol–water partition coefficient (Wildman–Crippen LogP) is 7.92. The van der Waals surface area contributed by atoms with Gasteiger partial charge >= 0.3 is 0 Å². The highest BCUT2D eigenvalue weighted by Gasteiger charge is 2.37. The van der Waals surface area contributed by atoms with Gasteiger partial charge in [-0.2, -0.15) is 0 Å². The molecule has 5 heteroatoms. The molecule has 2 heterocycles. The summed E-state index contributed by atoms with van der Waals surface area (Å²) in [4.78, 5) is 23.5. The molecular weight excluding hydrogens is 462 g/mol. The molecule has 0 saturated carbocycles. The number of anilines is 2. The summed E-state index contributed by atoms with van der Waals surface area (Å²) in [7, 11) is 0. The van der Waals surface area contributed by atoms with Crippen LogP contribution in [0.25, 0.3) is 6.08 Å². The van der Waals surface area contributed by atoms with Crippen LogP contribution in [0.1, 0.15) is 56.7 Å². The molecule has 1 saturated heterocycles. The number of carbonyl (C=O) groups is 1. The lowest BCUT2D eigenvalue weighted by Gasteiger charge is -2.47. The van der Waals surface area contributed by atoms with E-state index in [0.717, 1.165) is 29.9 Å². The van der Waals surface area contributed by atoms with E-state index in [-0.39, 0.29) is 11.4 Å². The predicted molar refractivity (Wildman–Crippen MR) is 154 cm³/mol. The van der Waals surface area contributed by atoms with Gasteiger partial charge in [0.2, 0.25) is 0 Å². The van der Waals surface area contributed by atoms with Gasteiger partial charge in [-0.15, -0.1) is 0 Å². The van der Waals surface area contributed by atoms with Crippen molar-refractivity contribution in [1.82, 2.24) is 0 Å². The first-order valence-electron chi connectivity index (χ1n) is 12.6. The number of thioether (sulfide) groups is 1. The molecule has 1 amide bonds. The maximum Gasteiger partial charge on any atom is 0.271 e. The summed E-state index contributed by atoms with van der Waals surface area (Å²) < 4.78 is 0. The van der Waals surface area contributed by atoms with E-state index in [9.17, 15) is 4.79 Å². The maximum atomic E-state index is 13.7. The van der Waals surface area contributed by atoms with E-state index in [4.69, 9.17) is 4.99 Å². The minimum Gasteiger partial charge on any atom is -0.366 e. The number of amides is 1. The standard InChI is InChI=1S/C31H33N3OS/c1-6-33-27-17-21(2)23(18-26(27)22(3)20-31(33,4)5)19-28-29(35)34(25-15-11-8-12-16-25)30(36-28)32-24-13-9-7-10-14-24/h7-19,22H,6,20H2,1-5H3/b28-19-,32-30?. The van der Waals surface area contributed by atoms with E-state index in [1.54, 1.807) is 4.90 Å². The zero-order chi connectivity index (χ0) is 25.4. The highest BCUT2D eigenvalue weighted by atomic mass is 32.2. The van der Waals surface area contributed by atoms with Crippen LogP contribution in [0.4, 0.5) is 17.1 Å². The van der Waals surface area contributed by atoms with E-state index >= 15 is 0 Å². The van der Waals surface area contributed by atoms with Crippen LogP contribution in [0, 0.1) is 6.92 Å². The highest BCUT2D eigenvalue weighted by molar-refractivity contribution is 8.19.